The molecular formula is C20H23NO5S. The number of carbonyl (C=O) groups excluding carboxylic acids is 2. The van der Waals surface area contributed by atoms with E-state index in [1.54, 1.807) is 57.2 Å². The van der Waals surface area contributed by atoms with Gasteiger partial charge in [0.25, 0.3) is 0 Å². The van der Waals surface area contributed by atoms with Gasteiger partial charge in [-0.15, -0.1) is 0 Å². The van der Waals surface area contributed by atoms with Crippen molar-refractivity contribution < 1.29 is 22.7 Å². The fourth-order valence-corrected chi connectivity index (χ4v) is 3.42. The van der Waals surface area contributed by atoms with E-state index in [4.69, 9.17) is 4.74 Å². The number of carbonyl (C=O) groups is 2. The van der Waals surface area contributed by atoms with Crippen LogP contribution in [0, 0.1) is 0 Å². The topological polar surface area (TPSA) is 89.5 Å². The third kappa shape index (κ3) is 5.40. The van der Waals surface area contributed by atoms with Gasteiger partial charge in [-0.1, -0.05) is 12.1 Å². The third-order valence-corrected chi connectivity index (χ3v) is 6.09. The van der Waals surface area contributed by atoms with E-state index in [1.165, 1.54) is 12.1 Å². The Kier molecular flexibility index (Phi) is 6.74. The van der Waals surface area contributed by atoms with Crippen molar-refractivity contribution in [3.8, 4) is 0 Å². The van der Waals surface area contributed by atoms with Gasteiger partial charge in [-0.05, 0) is 62.7 Å². The molecule has 0 aliphatic heterocycles. The van der Waals surface area contributed by atoms with Gasteiger partial charge in [-0.25, -0.2) is 13.2 Å². The van der Waals surface area contributed by atoms with Gasteiger partial charge in [0.1, 0.15) is 0 Å². The second kappa shape index (κ2) is 8.81. The standard InChI is InChI=1S/C20H23NO5S/c1-4-26-20(23)16-7-9-17(10-8-16)21-19(22)13-15-5-11-18(12-6-15)27(24,25)14(2)3/h5-12,14H,4,13H2,1-3H3,(H,21,22). The van der Waals surface area contributed by atoms with Crippen molar-refractivity contribution in [2.75, 3.05) is 11.9 Å². The molecule has 0 saturated heterocycles. The Morgan fingerprint density at radius 1 is 1.00 bits per heavy atom. The van der Waals surface area contributed by atoms with Crippen molar-refractivity contribution in [3.63, 3.8) is 0 Å². The van der Waals surface area contributed by atoms with Gasteiger partial charge in [-0.3, -0.25) is 4.79 Å². The number of rotatable bonds is 7. The number of ether oxygens (including phenoxy) is 1. The van der Waals surface area contributed by atoms with Crippen LogP contribution in [-0.2, 0) is 25.8 Å². The molecule has 0 heterocycles. The van der Waals surface area contributed by atoms with Crippen LogP contribution in [0.5, 0.6) is 0 Å². The Morgan fingerprint density at radius 2 is 1.59 bits per heavy atom. The normalized spacial score (nSPS) is 11.3. The lowest BCUT2D eigenvalue weighted by Gasteiger charge is -2.09. The van der Waals surface area contributed by atoms with Crippen molar-refractivity contribution in [2.24, 2.45) is 0 Å². The van der Waals surface area contributed by atoms with Gasteiger partial charge in [0, 0.05) is 5.69 Å². The molecule has 0 aliphatic rings. The smallest absolute Gasteiger partial charge is 0.338 e. The molecule has 0 spiro atoms. The number of anilines is 1. The average Bonchev–Trinajstić information content (AvgIpc) is 2.62. The van der Waals surface area contributed by atoms with Crippen molar-refractivity contribution >= 4 is 27.4 Å². The number of hydrogen-bond donors (Lipinski definition) is 1. The van der Waals surface area contributed by atoms with Crippen molar-refractivity contribution in [2.45, 2.75) is 37.3 Å². The van der Waals surface area contributed by atoms with Gasteiger partial charge in [0.05, 0.1) is 28.7 Å². The van der Waals surface area contributed by atoms with E-state index in [-0.39, 0.29) is 17.2 Å². The van der Waals surface area contributed by atoms with E-state index < -0.39 is 21.1 Å². The summed E-state index contributed by atoms with van der Waals surface area (Å²) in [6.07, 6.45) is 0.113. The average molecular weight is 389 g/mol. The van der Waals surface area contributed by atoms with Crippen LogP contribution in [0.4, 0.5) is 5.69 Å². The number of nitrogens with one attached hydrogen (secondary N) is 1. The highest BCUT2D eigenvalue weighted by Gasteiger charge is 2.18. The number of esters is 1. The first kappa shape index (κ1) is 20.6. The molecule has 0 unspecified atom stereocenters. The van der Waals surface area contributed by atoms with Gasteiger partial charge in [0.15, 0.2) is 9.84 Å². The molecule has 0 saturated carbocycles. The Morgan fingerprint density at radius 3 is 2.11 bits per heavy atom. The van der Waals surface area contributed by atoms with Crippen LogP contribution in [0.1, 0.15) is 36.7 Å². The summed E-state index contributed by atoms with van der Waals surface area (Å²) in [7, 11) is -3.32. The maximum Gasteiger partial charge on any atom is 0.338 e. The fraction of sp³-hybridized carbons (Fsp3) is 0.300. The molecule has 0 atom stereocenters. The van der Waals surface area contributed by atoms with Crippen LogP contribution in [0.2, 0.25) is 0 Å². The van der Waals surface area contributed by atoms with Crippen molar-refractivity contribution in [1.82, 2.24) is 0 Å². The predicted molar refractivity (Wildman–Crippen MR) is 103 cm³/mol. The Bertz CT molecular complexity index is 900. The molecule has 0 aliphatic carbocycles. The molecule has 144 valence electrons. The van der Waals surface area contributed by atoms with E-state index in [9.17, 15) is 18.0 Å². The quantitative estimate of drug-likeness (QED) is 0.735. The Hall–Kier alpha value is -2.67. The summed E-state index contributed by atoms with van der Waals surface area (Å²) in [5, 5.41) is 2.25. The maximum atomic E-state index is 12.2. The first-order chi connectivity index (χ1) is 12.7. The van der Waals surface area contributed by atoms with Crippen molar-refractivity contribution in [3.05, 3.63) is 59.7 Å². The molecule has 0 fully saturated rings. The molecule has 2 aromatic rings. The van der Waals surface area contributed by atoms with Crippen LogP contribution in [0.3, 0.4) is 0 Å². The number of sulfone groups is 1. The molecule has 0 aromatic heterocycles. The molecular weight excluding hydrogens is 366 g/mol. The van der Waals surface area contributed by atoms with Crippen LogP contribution < -0.4 is 5.32 Å². The van der Waals surface area contributed by atoms with E-state index in [1.807, 2.05) is 0 Å². The van der Waals surface area contributed by atoms with E-state index in [0.717, 1.165) is 0 Å². The number of benzene rings is 2. The monoisotopic (exact) mass is 389 g/mol. The highest BCUT2D eigenvalue weighted by Crippen LogP contribution is 2.17. The van der Waals surface area contributed by atoms with Gasteiger partial charge in [-0.2, -0.15) is 0 Å². The summed E-state index contributed by atoms with van der Waals surface area (Å²) >= 11 is 0. The van der Waals surface area contributed by atoms with Gasteiger partial charge >= 0.3 is 5.97 Å². The molecule has 0 bridgehead atoms. The highest BCUT2D eigenvalue weighted by molar-refractivity contribution is 7.92. The lowest BCUT2D eigenvalue weighted by atomic mass is 10.1. The first-order valence-corrected chi connectivity index (χ1v) is 10.2. The fourth-order valence-electron chi connectivity index (χ4n) is 2.36. The third-order valence-electron chi connectivity index (χ3n) is 3.92. The molecule has 27 heavy (non-hydrogen) atoms. The summed E-state index contributed by atoms with van der Waals surface area (Å²) < 4.78 is 29.1. The zero-order valence-corrected chi connectivity index (χ0v) is 16.4. The molecule has 1 amide bonds. The zero-order chi connectivity index (χ0) is 20.0. The summed E-state index contributed by atoms with van der Waals surface area (Å²) in [6, 6.07) is 12.7. The van der Waals surface area contributed by atoms with Crippen molar-refractivity contribution in [1.29, 1.82) is 0 Å². The zero-order valence-electron chi connectivity index (χ0n) is 15.6. The summed E-state index contributed by atoms with van der Waals surface area (Å²) in [5.41, 5.74) is 1.68. The van der Waals surface area contributed by atoms with Crippen LogP contribution >= 0.6 is 0 Å². The minimum absolute atomic E-state index is 0.113. The second-order valence-corrected chi connectivity index (χ2v) is 8.76. The van der Waals surface area contributed by atoms with E-state index in [0.29, 0.717) is 23.4 Å². The largest absolute Gasteiger partial charge is 0.462 e. The first-order valence-electron chi connectivity index (χ1n) is 8.64. The number of hydrogen-bond acceptors (Lipinski definition) is 5. The predicted octanol–water partition coefficient (Wildman–Crippen LogP) is 3.23. The van der Waals surface area contributed by atoms with E-state index in [2.05, 4.69) is 5.32 Å². The molecule has 2 aromatic carbocycles. The van der Waals surface area contributed by atoms with Crippen LogP contribution in [0.25, 0.3) is 0 Å². The lowest BCUT2D eigenvalue weighted by Crippen LogP contribution is -2.16. The lowest BCUT2D eigenvalue weighted by molar-refractivity contribution is -0.115. The van der Waals surface area contributed by atoms with Gasteiger partial charge < -0.3 is 10.1 Å². The maximum absolute atomic E-state index is 12.2. The Balaban J connectivity index is 1.99. The number of amides is 1. The Labute approximate surface area is 159 Å². The molecule has 2 rings (SSSR count). The second-order valence-electron chi connectivity index (χ2n) is 6.26. The minimum atomic E-state index is -3.32. The molecule has 6 nitrogen and oxygen atoms in total. The SMILES string of the molecule is CCOC(=O)c1ccc(NC(=O)Cc2ccc(S(=O)(=O)C(C)C)cc2)cc1. The summed E-state index contributed by atoms with van der Waals surface area (Å²) in [5.74, 6) is -0.648. The molecule has 1 N–H and O–H groups in total. The minimum Gasteiger partial charge on any atom is -0.462 e. The molecule has 0 radical (unpaired) electrons. The molecule has 7 heteroatoms. The van der Waals surface area contributed by atoms with Gasteiger partial charge in [0.2, 0.25) is 5.91 Å². The summed E-state index contributed by atoms with van der Waals surface area (Å²) in [6.45, 7) is 5.29. The highest BCUT2D eigenvalue weighted by atomic mass is 32.2. The van der Waals surface area contributed by atoms with Crippen LogP contribution in [0.15, 0.2) is 53.4 Å². The summed E-state index contributed by atoms with van der Waals surface area (Å²) in [4.78, 5) is 24.0. The van der Waals surface area contributed by atoms with Crippen LogP contribution in [-0.4, -0.2) is 32.2 Å². The van der Waals surface area contributed by atoms with E-state index >= 15 is 0 Å².